The van der Waals surface area contributed by atoms with Crippen LogP contribution in [0.2, 0.25) is 0 Å². The molecule has 0 heterocycles. The van der Waals surface area contributed by atoms with Crippen LogP contribution in [-0.4, -0.2) is 32.3 Å². The normalized spacial score (nSPS) is 11.2. The standard InChI is InChI=1S/C13H19BrN2O3/c1-13(2,7-18-3)16-11-5-8(12(17)19-4)10(15)6-9(11)14/h5-6,16H,7,15H2,1-4H3. The second-order valence-electron chi connectivity index (χ2n) is 4.85. The first-order valence-corrected chi connectivity index (χ1v) is 6.54. The lowest BCUT2D eigenvalue weighted by atomic mass is 10.1. The molecule has 0 aliphatic heterocycles. The summed E-state index contributed by atoms with van der Waals surface area (Å²) in [6.45, 7) is 4.52. The molecule has 6 heteroatoms. The van der Waals surface area contributed by atoms with E-state index in [1.807, 2.05) is 13.8 Å². The van der Waals surface area contributed by atoms with E-state index >= 15 is 0 Å². The Morgan fingerprint density at radius 3 is 2.58 bits per heavy atom. The Hall–Kier alpha value is -1.27. The van der Waals surface area contributed by atoms with Crippen molar-refractivity contribution in [1.82, 2.24) is 0 Å². The molecular weight excluding hydrogens is 312 g/mol. The number of nitrogen functional groups attached to an aromatic ring is 1. The summed E-state index contributed by atoms with van der Waals surface area (Å²) < 4.78 is 10.6. The second-order valence-corrected chi connectivity index (χ2v) is 5.71. The number of carbonyl (C=O) groups excluding carboxylic acids is 1. The number of halogens is 1. The van der Waals surface area contributed by atoms with E-state index in [2.05, 4.69) is 21.2 Å². The van der Waals surface area contributed by atoms with Gasteiger partial charge in [0.2, 0.25) is 0 Å². The maximum absolute atomic E-state index is 11.6. The van der Waals surface area contributed by atoms with E-state index in [4.69, 9.17) is 15.2 Å². The molecule has 0 radical (unpaired) electrons. The molecule has 0 saturated carbocycles. The Kier molecular flexibility index (Phi) is 5.20. The van der Waals surface area contributed by atoms with Crippen LogP contribution in [0.4, 0.5) is 11.4 Å². The minimum atomic E-state index is -0.461. The van der Waals surface area contributed by atoms with Crippen LogP contribution in [0, 0.1) is 0 Å². The number of rotatable bonds is 5. The van der Waals surface area contributed by atoms with Gasteiger partial charge in [0.25, 0.3) is 0 Å². The van der Waals surface area contributed by atoms with Crippen LogP contribution >= 0.6 is 15.9 Å². The molecule has 5 nitrogen and oxygen atoms in total. The summed E-state index contributed by atoms with van der Waals surface area (Å²) in [7, 11) is 2.97. The summed E-state index contributed by atoms with van der Waals surface area (Å²) in [5.41, 5.74) is 6.99. The zero-order valence-corrected chi connectivity index (χ0v) is 13.1. The summed E-state index contributed by atoms with van der Waals surface area (Å²) in [6.07, 6.45) is 0. The molecule has 0 unspecified atom stereocenters. The van der Waals surface area contributed by atoms with Gasteiger partial charge in [-0.1, -0.05) is 0 Å². The van der Waals surface area contributed by atoms with E-state index < -0.39 is 5.97 Å². The number of ether oxygens (including phenoxy) is 2. The molecule has 0 fully saturated rings. The molecule has 1 aromatic carbocycles. The highest BCUT2D eigenvalue weighted by molar-refractivity contribution is 9.10. The third-order valence-electron chi connectivity index (χ3n) is 2.52. The lowest BCUT2D eigenvalue weighted by Crippen LogP contribution is -2.36. The van der Waals surface area contributed by atoms with Gasteiger partial charge in [-0.3, -0.25) is 0 Å². The molecule has 3 N–H and O–H groups in total. The quantitative estimate of drug-likeness (QED) is 0.641. The van der Waals surface area contributed by atoms with Gasteiger partial charge >= 0.3 is 5.97 Å². The van der Waals surface area contributed by atoms with E-state index in [1.54, 1.807) is 19.2 Å². The number of nitrogens with one attached hydrogen (secondary N) is 1. The maximum atomic E-state index is 11.6. The van der Waals surface area contributed by atoms with Crippen molar-refractivity contribution >= 4 is 33.3 Å². The fourth-order valence-electron chi connectivity index (χ4n) is 1.73. The maximum Gasteiger partial charge on any atom is 0.340 e. The van der Waals surface area contributed by atoms with Crippen molar-refractivity contribution in [3.8, 4) is 0 Å². The molecule has 0 bridgehead atoms. The Morgan fingerprint density at radius 1 is 1.42 bits per heavy atom. The SMILES string of the molecule is COCC(C)(C)Nc1cc(C(=O)OC)c(N)cc1Br. The van der Waals surface area contributed by atoms with Crippen LogP contribution < -0.4 is 11.1 Å². The van der Waals surface area contributed by atoms with Gasteiger partial charge in [-0.05, 0) is 41.9 Å². The van der Waals surface area contributed by atoms with Gasteiger partial charge in [-0.15, -0.1) is 0 Å². The van der Waals surface area contributed by atoms with E-state index in [-0.39, 0.29) is 5.54 Å². The Morgan fingerprint density at radius 2 is 2.05 bits per heavy atom. The van der Waals surface area contributed by atoms with Crippen LogP contribution in [0.15, 0.2) is 16.6 Å². The van der Waals surface area contributed by atoms with Gasteiger partial charge < -0.3 is 20.5 Å². The van der Waals surface area contributed by atoms with Crippen molar-refractivity contribution in [3.63, 3.8) is 0 Å². The number of benzene rings is 1. The molecule has 1 rings (SSSR count). The Balaban J connectivity index is 3.11. The lowest BCUT2D eigenvalue weighted by molar-refractivity contribution is 0.0602. The number of esters is 1. The van der Waals surface area contributed by atoms with E-state index in [1.165, 1.54) is 7.11 Å². The summed E-state index contributed by atoms with van der Waals surface area (Å²) >= 11 is 3.42. The Labute approximate surface area is 121 Å². The van der Waals surface area contributed by atoms with Crippen molar-refractivity contribution in [1.29, 1.82) is 0 Å². The molecule has 0 spiro atoms. The fraction of sp³-hybridized carbons (Fsp3) is 0.462. The smallest absolute Gasteiger partial charge is 0.340 e. The zero-order valence-electron chi connectivity index (χ0n) is 11.5. The van der Waals surface area contributed by atoms with Crippen LogP contribution in [-0.2, 0) is 9.47 Å². The largest absolute Gasteiger partial charge is 0.465 e. The van der Waals surface area contributed by atoms with Gasteiger partial charge in [0.05, 0.1) is 24.8 Å². The van der Waals surface area contributed by atoms with Crippen molar-refractivity contribution in [2.75, 3.05) is 31.9 Å². The van der Waals surface area contributed by atoms with Gasteiger partial charge in [0.15, 0.2) is 0 Å². The topological polar surface area (TPSA) is 73.6 Å². The molecule has 1 aromatic rings. The van der Waals surface area contributed by atoms with Gasteiger partial charge in [0.1, 0.15) is 0 Å². The summed E-state index contributed by atoms with van der Waals surface area (Å²) in [5.74, 6) is -0.461. The van der Waals surface area contributed by atoms with Crippen molar-refractivity contribution in [3.05, 3.63) is 22.2 Å². The average Bonchev–Trinajstić information content (AvgIpc) is 2.31. The number of anilines is 2. The summed E-state index contributed by atoms with van der Waals surface area (Å²) in [4.78, 5) is 11.6. The van der Waals surface area contributed by atoms with E-state index in [0.29, 0.717) is 17.9 Å². The van der Waals surface area contributed by atoms with Crippen LogP contribution in [0.25, 0.3) is 0 Å². The van der Waals surface area contributed by atoms with E-state index in [9.17, 15) is 4.79 Å². The number of hydrogen-bond donors (Lipinski definition) is 2. The predicted octanol–water partition coefficient (Wildman–Crippen LogP) is 2.65. The lowest BCUT2D eigenvalue weighted by Gasteiger charge is -2.27. The molecule has 0 saturated heterocycles. The highest BCUT2D eigenvalue weighted by Gasteiger charge is 2.20. The third-order valence-corrected chi connectivity index (χ3v) is 3.18. The molecule has 0 aromatic heterocycles. The molecule has 0 amide bonds. The van der Waals surface area contributed by atoms with Crippen molar-refractivity contribution in [2.24, 2.45) is 0 Å². The first-order chi connectivity index (χ1) is 8.80. The second kappa shape index (κ2) is 6.25. The van der Waals surface area contributed by atoms with Crippen LogP contribution in [0.5, 0.6) is 0 Å². The highest BCUT2D eigenvalue weighted by Crippen LogP contribution is 2.30. The predicted molar refractivity (Wildman–Crippen MR) is 79.5 cm³/mol. The third kappa shape index (κ3) is 4.11. The molecule has 0 atom stereocenters. The molecular formula is C13H19BrN2O3. The average molecular weight is 331 g/mol. The first kappa shape index (κ1) is 15.8. The highest BCUT2D eigenvalue weighted by atomic mass is 79.9. The van der Waals surface area contributed by atoms with Gasteiger partial charge in [-0.2, -0.15) is 0 Å². The fourth-order valence-corrected chi connectivity index (χ4v) is 2.19. The number of carbonyl (C=O) groups is 1. The summed E-state index contributed by atoms with van der Waals surface area (Å²) in [6, 6.07) is 3.35. The first-order valence-electron chi connectivity index (χ1n) is 5.75. The van der Waals surface area contributed by atoms with Crippen molar-refractivity contribution in [2.45, 2.75) is 19.4 Å². The van der Waals surface area contributed by atoms with Crippen molar-refractivity contribution < 1.29 is 14.3 Å². The van der Waals surface area contributed by atoms with E-state index in [0.717, 1.165) is 10.2 Å². The van der Waals surface area contributed by atoms with Gasteiger partial charge in [0, 0.05) is 23.0 Å². The Bertz CT molecular complexity index is 475. The van der Waals surface area contributed by atoms with Crippen LogP contribution in [0.1, 0.15) is 24.2 Å². The molecule has 19 heavy (non-hydrogen) atoms. The van der Waals surface area contributed by atoms with Gasteiger partial charge in [-0.25, -0.2) is 4.79 Å². The number of methoxy groups -OCH3 is 2. The monoisotopic (exact) mass is 330 g/mol. The minimum Gasteiger partial charge on any atom is -0.465 e. The summed E-state index contributed by atoms with van der Waals surface area (Å²) in [5, 5.41) is 3.30. The minimum absolute atomic E-state index is 0.277. The molecule has 106 valence electrons. The van der Waals surface area contributed by atoms with Crippen LogP contribution in [0.3, 0.4) is 0 Å². The molecule has 0 aliphatic rings. The molecule has 0 aliphatic carbocycles. The number of hydrogen-bond acceptors (Lipinski definition) is 5. The number of nitrogens with two attached hydrogens (primary N) is 1. The zero-order chi connectivity index (χ0) is 14.6.